The smallest absolute Gasteiger partial charge is 0.124 e. The van der Waals surface area contributed by atoms with Crippen LogP contribution >= 0.6 is 0 Å². The quantitative estimate of drug-likeness (QED) is 0.847. The lowest BCUT2D eigenvalue weighted by Gasteiger charge is -2.16. The lowest BCUT2D eigenvalue weighted by Crippen LogP contribution is -2.21. The van der Waals surface area contributed by atoms with Crippen molar-refractivity contribution in [2.45, 2.75) is 19.4 Å². The fraction of sp³-hybridized carbons (Fsp3) is 0.400. The van der Waals surface area contributed by atoms with Gasteiger partial charge in [0.05, 0.1) is 12.8 Å². The summed E-state index contributed by atoms with van der Waals surface area (Å²) >= 11 is 0. The molecule has 5 heteroatoms. The maximum atomic E-state index is 9.98. The standard InChI is InChI=1S/C15H21N3O2/c1-11(14-5-4-13(20-3)10-15(14)19)16-8-6-12-7-9-18(2)17-12/h4-5,7,9-11,16,19H,6,8H2,1-3H3. The van der Waals surface area contributed by atoms with E-state index < -0.39 is 0 Å². The summed E-state index contributed by atoms with van der Waals surface area (Å²) in [6.07, 6.45) is 2.80. The van der Waals surface area contributed by atoms with E-state index in [9.17, 15) is 5.11 Å². The summed E-state index contributed by atoms with van der Waals surface area (Å²) in [5.74, 6) is 0.911. The third kappa shape index (κ3) is 3.51. The van der Waals surface area contributed by atoms with Gasteiger partial charge in [0.2, 0.25) is 0 Å². The van der Waals surface area contributed by atoms with E-state index in [0.717, 1.165) is 24.2 Å². The van der Waals surface area contributed by atoms with Gasteiger partial charge in [-0.25, -0.2) is 0 Å². The molecule has 2 aromatic rings. The van der Waals surface area contributed by atoms with Crippen LogP contribution in [0, 0.1) is 0 Å². The van der Waals surface area contributed by atoms with Gasteiger partial charge in [0.1, 0.15) is 11.5 Å². The Bertz CT molecular complexity index is 566. The Morgan fingerprint density at radius 1 is 1.40 bits per heavy atom. The number of benzene rings is 1. The van der Waals surface area contributed by atoms with Crippen molar-refractivity contribution in [3.05, 3.63) is 41.7 Å². The summed E-state index contributed by atoms with van der Waals surface area (Å²) in [4.78, 5) is 0. The molecule has 5 nitrogen and oxygen atoms in total. The minimum Gasteiger partial charge on any atom is -0.507 e. The minimum absolute atomic E-state index is 0.0737. The number of methoxy groups -OCH3 is 1. The lowest BCUT2D eigenvalue weighted by atomic mass is 10.1. The number of phenolic OH excluding ortho intramolecular Hbond substituents is 1. The summed E-state index contributed by atoms with van der Waals surface area (Å²) < 4.78 is 6.88. The van der Waals surface area contributed by atoms with Crippen molar-refractivity contribution < 1.29 is 9.84 Å². The first-order valence-corrected chi connectivity index (χ1v) is 6.69. The number of nitrogens with one attached hydrogen (secondary N) is 1. The molecule has 0 radical (unpaired) electrons. The summed E-state index contributed by atoms with van der Waals surface area (Å²) in [5, 5.41) is 17.7. The molecule has 0 amide bonds. The molecule has 0 aliphatic carbocycles. The van der Waals surface area contributed by atoms with Gasteiger partial charge < -0.3 is 15.2 Å². The van der Waals surface area contributed by atoms with E-state index in [-0.39, 0.29) is 11.8 Å². The van der Waals surface area contributed by atoms with Crippen molar-refractivity contribution in [3.63, 3.8) is 0 Å². The Kier molecular flexibility index (Phi) is 4.63. The van der Waals surface area contributed by atoms with Gasteiger partial charge in [0.25, 0.3) is 0 Å². The van der Waals surface area contributed by atoms with Gasteiger partial charge in [-0.05, 0) is 19.1 Å². The molecule has 0 aliphatic heterocycles. The van der Waals surface area contributed by atoms with Gasteiger partial charge >= 0.3 is 0 Å². The Balaban J connectivity index is 1.89. The van der Waals surface area contributed by atoms with Crippen LogP contribution in [0.15, 0.2) is 30.5 Å². The molecule has 1 aromatic carbocycles. The molecule has 0 fully saturated rings. The van der Waals surface area contributed by atoms with Crippen molar-refractivity contribution in [1.82, 2.24) is 15.1 Å². The zero-order valence-corrected chi connectivity index (χ0v) is 12.1. The van der Waals surface area contributed by atoms with Crippen molar-refractivity contribution in [2.24, 2.45) is 7.05 Å². The largest absolute Gasteiger partial charge is 0.507 e. The predicted octanol–water partition coefficient (Wildman–Crippen LogP) is 2.03. The number of aromatic nitrogens is 2. The Morgan fingerprint density at radius 2 is 2.20 bits per heavy atom. The number of phenols is 1. The Hall–Kier alpha value is -2.01. The van der Waals surface area contributed by atoms with Crippen LogP contribution in [0.2, 0.25) is 0 Å². The molecule has 20 heavy (non-hydrogen) atoms. The van der Waals surface area contributed by atoms with Gasteiger partial charge in [-0.3, -0.25) is 4.68 Å². The predicted molar refractivity (Wildman–Crippen MR) is 78.0 cm³/mol. The first kappa shape index (κ1) is 14.4. The molecule has 0 spiro atoms. The van der Waals surface area contributed by atoms with E-state index in [4.69, 9.17) is 4.74 Å². The zero-order valence-electron chi connectivity index (χ0n) is 12.1. The van der Waals surface area contributed by atoms with Gasteiger partial charge in [-0.2, -0.15) is 5.10 Å². The summed E-state index contributed by atoms with van der Waals surface area (Å²) in [5.41, 5.74) is 1.93. The van der Waals surface area contributed by atoms with Crippen LogP contribution in [0.3, 0.4) is 0 Å². The van der Waals surface area contributed by atoms with E-state index >= 15 is 0 Å². The highest BCUT2D eigenvalue weighted by atomic mass is 16.5. The minimum atomic E-state index is 0.0737. The highest BCUT2D eigenvalue weighted by Gasteiger charge is 2.10. The monoisotopic (exact) mass is 275 g/mol. The molecule has 0 bridgehead atoms. The molecule has 0 saturated carbocycles. The molecular weight excluding hydrogens is 254 g/mol. The SMILES string of the molecule is COc1ccc(C(C)NCCc2ccn(C)n2)c(O)c1. The number of nitrogens with zero attached hydrogens (tertiary/aromatic N) is 2. The van der Waals surface area contributed by atoms with Crippen molar-refractivity contribution >= 4 is 0 Å². The first-order chi connectivity index (χ1) is 9.60. The van der Waals surface area contributed by atoms with Crippen molar-refractivity contribution in [2.75, 3.05) is 13.7 Å². The van der Waals surface area contributed by atoms with Crippen LogP contribution < -0.4 is 10.1 Å². The average Bonchev–Trinajstić information content (AvgIpc) is 2.84. The fourth-order valence-electron chi connectivity index (χ4n) is 2.14. The van der Waals surface area contributed by atoms with Crippen molar-refractivity contribution in [1.29, 1.82) is 0 Å². The Labute approximate surface area is 119 Å². The van der Waals surface area contributed by atoms with Crippen molar-refractivity contribution in [3.8, 4) is 11.5 Å². The summed E-state index contributed by atoms with van der Waals surface area (Å²) in [6.45, 7) is 2.84. The van der Waals surface area contributed by atoms with E-state index in [0.29, 0.717) is 5.75 Å². The average molecular weight is 275 g/mol. The molecule has 2 N–H and O–H groups in total. The number of aromatic hydroxyl groups is 1. The molecule has 108 valence electrons. The maximum absolute atomic E-state index is 9.98. The number of aryl methyl sites for hydroxylation is 1. The van der Waals surface area contributed by atoms with E-state index in [2.05, 4.69) is 10.4 Å². The molecule has 2 rings (SSSR count). The highest BCUT2D eigenvalue weighted by molar-refractivity contribution is 5.41. The number of ether oxygens (including phenoxy) is 1. The van der Waals surface area contributed by atoms with Crippen LogP contribution in [0.1, 0.15) is 24.2 Å². The van der Waals surface area contributed by atoms with Gasteiger partial charge in [-0.1, -0.05) is 6.07 Å². The molecule has 1 aromatic heterocycles. The molecule has 1 heterocycles. The molecule has 1 atom stereocenters. The fourth-order valence-corrected chi connectivity index (χ4v) is 2.14. The van der Waals surface area contributed by atoms with Gasteiger partial charge in [-0.15, -0.1) is 0 Å². The third-order valence-corrected chi connectivity index (χ3v) is 3.30. The van der Waals surface area contributed by atoms with Crippen LogP contribution in [-0.2, 0) is 13.5 Å². The maximum Gasteiger partial charge on any atom is 0.124 e. The second-order valence-electron chi connectivity index (χ2n) is 4.83. The summed E-state index contributed by atoms with van der Waals surface area (Å²) in [7, 11) is 3.50. The van der Waals surface area contributed by atoms with Crippen LogP contribution in [0.25, 0.3) is 0 Å². The van der Waals surface area contributed by atoms with Crippen LogP contribution in [0.4, 0.5) is 0 Å². The van der Waals surface area contributed by atoms with Gasteiger partial charge in [0.15, 0.2) is 0 Å². The van der Waals surface area contributed by atoms with Crippen LogP contribution in [0.5, 0.6) is 11.5 Å². The summed E-state index contributed by atoms with van der Waals surface area (Å²) in [6, 6.07) is 7.45. The highest BCUT2D eigenvalue weighted by Crippen LogP contribution is 2.28. The third-order valence-electron chi connectivity index (χ3n) is 3.30. The van der Waals surface area contributed by atoms with E-state index in [1.54, 1.807) is 17.9 Å². The van der Waals surface area contributed by atoms with Crippen LogP contribution in [-0.4, -0.2) is 28.5 Å². The molecule has 1 unspecified atom stereocenters. The molecular formula is C15H21N3O2. The van der Waals surface area contributed by atoms with E-state index in [1.165, 1.54) is 0 Å². The zero-order chi connectivity index (χ0) is 14.5. The van der Waals surface area contributed by atoms with E-state index in [1.807, 2.05) is 38.4 Å². The molecule has 0 saturated heterocycles. The number of rotatable bonds is 6. The normalized spacial score (nSPS) is 12.3. The first-order valence-electron chi connectivity index (χ1n) is 6.69. The van der Waals surface area contributed by atoms with Gasteiger partial charge in [0, 0.05) is 43.9 Å². The topological polar surface area (TPSA) is 59.3 Å². The second-order valence-corrected chi connectivity index (χ2v) is 4.83. The Morgan fingerprint density at radius 3 is 2.80 bits per heavy atom. The number of hydrogen-bond donors (Lipinski definition) is 2. The second kappa shape index (κ2) is 6.43. The molecule has 0 aliphatic rings. The number of hydrogen-bond acceptors (Lipinski definition) is 4. The lowest BCUT2D eigenvalue weighted by molar-refractivity contribution is 0.404.